The molecular weight excluding hydrogens is 316 g/mol. The zero-order chi connectivity index (χ0) is 17.6. The maximum atomic E-state index is 12.2. The van der Waals surface area contributed by atoms with E-state index >= 15 is 0 Å². The average molecular weight is 332 g/mol. The highest BCUT2D eigenvalue weighted by molar-refractivity contribution is 5.67. The number of benzene rings is 2. The van der Waals surface area contributed by atoms with Crippen LogP contribution in [-0.4, -0.2) is 17.1 Å². The molecule has 2 N–H and O–H groups in total. The fourth-order valence-electron chi connectivity index (χ4n) is 2.40. The van der Waals surface area contributed by atoms with Crippen LogP contribution in [0.15, 0.2) is 59.4 Å². The summed E-state index contributed by atoms with van der Waals surface area (Å²) in [5.41, 5.74) is 1.57. The van der Waals surface area contributed by atoms with E-state index in [0.717, 1.165) is 5.56 Å². The van der Waals surface area contributed by atoms with E-state index in [1.807, 2.05) is 36.4 Å². The second-order valence-electron chi connectivity index (χ2n) is 5.32. The number of aromatic nitrogens is 2. The lowest BCUT2D eigenvalue weighted by molar-refractivity contribution is 0.415. The average Bonchev–Trinajstić information content (AvgIpc) is 2.67. The Kier molecular flexibility index (Phi) is 4.77. The van der Waals surface area contributed by atoms with E-state index in [9.17, 15) is 10.1 Å². The highest BCUT2D eigenvalue weighted by atomic mass is 16.5. The molecule has 6 nitrogen and oxygen atoms in total. The van der Waals surface area contributed by atoms with Crippen molar-refractivity contribution in [2.24, 2.45) is 0 Å². The molecule has 1 aromatic heterocycles. The van der Waals surface area contributed by atoms with Crippen LogP contribution in [0.4, 0.5) is 5.95 Å². The Balaban J connectivity index is 1.95. The minimum absolute atomic E-state index is 0.0181. The minimum atomic E-state index is -0.473. The molecular formula is C19H16N4O2. The summed E-state index contributed by atoms with van der Waals surface area (Å²) in [5, 5.41) is 12.4. The van der Waals surface area contributed by atoms with Gasteiger partial charge in [0.05, 0.1) is 12.8 Å². The van der Waals surface area contributed by atoms with Crippen molar-refractivity contribution in [2.45, 2.75) is 6.54 Å². The number of rotatable bonds is 5. The molecule has 0 atom stereocenters. The number of nitrogens with one attached hydrogen (secondary N) is 2. The molecule has 3 aromatic rings. The number of nitrogens with zero attached hydrogens (tertiary/aromatic N) is 2. The van der Waals surface area contributed by atoms with Crippen molar-refractivity contribution in [1.29, 1.82) is 5.26 Å². The van der Waals surface area contributed by atoms with E-state index in [-0.39, 0.29) is 5.56 Å². The SMILES string of the molecule is COc1ccc(-c2nc(NCc3ccccc3)[nH]c(=O)c2C#N)cc1. The Labute approximate surface area is 144 Å². The van der Waals surface area contributed by atoms with Crippen LogP contribution in [0.2, 0.25) is 0 Å². The van der Waals surface area contributed by atoms with Gasteiger partial charge < -0.3 is 10.1 Å². The van der Waals surface area contributed by atoms with Crippen LogP contribution in [0.3, 0.4) is 0 Å². The molecule has 0 spiro atoms. The maximum absolute atomic E-state index is 12.2. The largest absolute Gasteiger partial charge is 0.497 e. The van der Waals surface area contributed by atoms with Gasteiger partial charge in [-0.2, -0.15) is 5.26 Å². The first-order valence-electron chi connectivity index (χ1n) is 7.68. The molecule has 1 heterocycles. The second kappa shape index (κ2) is 7.32. The van der Waals surface area contributed by atoms with Crippen molar-refractivity contribution in [1.82, 2.24) is 9.97 Å². The molecule has 6 heteroatoms. The first-order chi connectivity index (χ1) is 12.2. The molecule has 124 valence electrons. The van der Waals surface area contributed by atoms with Gasteiger partial charge in [0.15, 0.2) is 0 Å². The Bertz CT molecular complexity index is 957. The lowest BCUT2D eigenvalue weighted by Gasteiger charge is -2.09. The molecule has 0 aliphatic rings. The van der Waals surface area contributed by atoms with Crippen molar-refractivity contribution in [2.75, 3.05) is 12.4 Å². The quantitative estimate of drug-likeness (QED) is 0.749. The lowest BCUT2D eigenvalue weighted by Crippen LogP contribution is -2.17. The molecule has 3 rings (SSSR count). The van der Waals surface area contributed by atoms with E-state index in [4.69, 9.17) is 4.74 Å². The van der Waals surface area contributed by atoms with Gasteiger partial charge in [-0.25, -0.2) is 4.98 Å². The zero-order valence-corrected chi connectivity index (χ0v) is 13.6. The number of H-pyrrole nitrogens is 1. The van der Waals surface area contributed by atoms with Gasteiger partial charge in [-0.1, -0.05) is 30.3 Å². The fraction of sp³-hybridized carbons (Fsp3) is 0.105. The van der Waals surface area contributed by atoms with Gasteiger partial charge in [0.1, 0.15) is 17.4 Å². The number of aromatic amines is 1. The predicted molar refractivity (Wildman–Crippen MR) is 95.3 cm³/mol. The molecule has 0 saturated heterocycles. The Morgan fingerprint density at radius 2 is 1.88 bits per heavy atom. The number of nitriles is 1. The summed E-state index contributed by atoms with van der Waals surface area (Å²) in [6.45, 7) is 0.512. The summed E-state index contributed by atoms with van der Waals surface area (Å²) in [7, 11) is 1.58. The lowest BCUT2D eigenvalue weighted by atomic mass is 10.1. The van der Waals surface area contributed by atoms with Crippen molar-refractivity contribution in [3.05, 3.63) is 76.1 Å². The second-order valence-corrected chi connectivity index (χ2v) is 5.32. The Hall–Kier alpha value is -3.59. The van der Waals surface area contributed by atoms with Gasteiger partial charge in [-0.05, 0) is 29.8 Å². The van der Waals surface area contributed by atoms with E-state index in [0.29, 0.717) is 29.5 Å². The summed E-state index contributed by atoms with van der Waals surface area (Å²) in [6, 6.07) is 18.7. The summed E-state index contributed by atoms with van der Waals surface area (Å²) in [6.07, 6.45) is 0. The molecule has 0 unspecified atom stereocenters. The van der Waals surface area contributed by atoms with E-state index in [1.165, 1.54) is 0 Å². The smallest absolute Gasteiger partial charge is 0.270 e. The van der Waals surface area contributed by atoms with Gasteiger partial charge in [0.25, 0.3) is 5.56 Å². The van der Waals surface area contributed by atoms with Gasteiger partial charge in [-0.15, -0.1) is 0 Å². The van der Waals surface area contributed by atoms with Crippen molar-refractivity contribution < 1.29 is 4.74 Å². The highest BCUT2D eigenvalue weighted by Crippen LogP contribution is 2.23. The van der Waals surface area contributed by atoms with E-state index in [2.05, 4.69) is 15.3 Å². The van der Waals surface area contributed by atoms with Crippen molar-refractivity contribution in [3.8, 4) is 23.1 Å². The zero-order valence-electron chi connectivity index (χ0n) is 13.6. The van der Waals surface area contributed by atoms with Gasteiger partial charge in [0.2, 0.25) is 5.95 Å². The molecule has 0 saturated carbocycles. The standard InChI is InChI=1S/C19H16N4O2/c1-25-15-9-7-14(8-10-15)17-16(11-20)18(24)23-19(22-17)21-12-13-5-3-2-4-6-13/h2-10H,12H2,1H3,(H2,21,22,23,24). The molecule has 0 bridgehead atoms. The highest BCUT2D eigenvalue weighted by Gasteiger charge is 2.13. The summed E-state index contributed by atoms with van der Waals surface area (Å²) in [5.74, 6) is 1.01. The van der Waals surface area contributed by atoms with Crippen LogP contribution in [0.5, 0.6) is 5.75 Å². The third-order valence-electron chi connectivity index (χ3n) is 3.70. The first kappa shape index (κ1) is 16.3. The third kappa shape index (κ3) is 3.67. The molecule has 0 amide bonds. The van der Waals surface area contributed by atoms with Crippen molar-refractivity contribution >= 4 is 5.95 Å². The number of ether oxygens (including phenoxy) is 1. The Morgan fingerprint density at radius 3 is 2.52 bits per heavy atom. The monoisotopic (exact) mass is 332 g/mol. The summed E-state index contributed by atoms with van der Waals surface area (Å²) >= 11 is 0. The number of methoxy groups -OCH3 is 1. The van der Waals surface area contributed by atoms with Crippen LogP contribution in [0.1, 0.15) is 11.1 Å². The normalized spacial score (nSPS) is 10.1. The molecule has 0 fully saturated rings. The topological polar surface area (TPSA) is 90.8 Å². The van der Waals surface area contributed by atoms with Crippen LogP contribution in [0, 0.1) is 11.3 Å². The van der Waals surface area contributed by atoms with Crippen LogP contribution < -0.4 is 15.6 Å². The van der Waals surface area contributed by atoms with Gasteiger partial charge in [-0.3, -0.25) is 9.78 Å². The Morgan fingerprint density at radius 1 is 1.16 bits per heavy atom. The fourth-order valence-corrected chi connectivity index (χ4v) is 2.40. The van der Waals surface area contributed by atoms with Crippen molar-refractivity contribution in [3.63, 3.8) is 0 Å². The first-order valence-corrected chi connectivity index (χ1v) is 7.68. The molecule has 25 heavy (non-hydrogen) atoms. The molecule has 0 aliphatic carbocycles. The molecule has 0 radical (unpaired) electrons. The van der Waals surface area contributed by atoms with Crippen LogP contribution in [0.25, 0.3) is 11.3 Å². The minimum Gasteiger partial charge on any atom is -0.497 e. The van der Waals surface area contributed by atoms with Crippen LogP contribution in [-0.2, 0) is 6.54 Å². The molecule has 2 aromatic carbocycles. The van der Waals surface area contributed by atoms with Crippen LogP contribution >= 0.6 is 0 Å². The van der Waals surface area contributed by atoms with Gasteiger partial charge >= 0.3 is 0 Å². The van der Waals surface area contributed by atoms with Gasteiger partial charge in [0, 0.05) is 12.1 Å². The summed E-state index contributed by atoms with van der Waals surface area (Å²) in [4.78, 5) is 19.2. The maximum Gasteiger partial charge on any atom is 0.270 e. The number of hydrogen-bond donors (Lipinski definition) is 2. The van der Waals surface area contributed by atoms with E-state index < -0.39 is 5.56 Å². The number of hydrogen-bond acceptors (Lipinski definition) is 5. The summed E-state index contributed by atoms with van der Waals surface area (Å²) < 4.78 is 5.13. The third-order valence-corrected chi connectivity index (χ3v) is 3.70. The number of anilines is 1. The molecule has 0 aliphatic heterocycles. The van der Waals surface area contributed by atoms with E-state index in [1.54, 1.807) is 31.4 Å². The predicted octanol–water partition coefficient (Wildman–Crippen LogP) is 2.93.